The number of methoxy groups -OCH3 is 1. The molecule has 2 aromatic carbocycles. The smallest absolute Gasteiger partial charge is 0.250 e. The van der Waals surface area contributed by atoms with E-state index in [2.05, 4.69) is 30.9 Å². The minimum atomic E-state index is 0.167. The Bertz CT molecular complexity index is 1150. The first kappa shape index (κ1) is 18.0. The molecule has 0 amide bonds. The second kappa shape index (κ2) is 7.69. The van der Waals surface area contributed by atoms with Gasteiger partial charge in [-0.2, -0.15) is 9.97 Å². The van der Waals surface area contributed by atoms with E-state index in [1.165, 1.54) is 6.33 Å². The lowest BCUT2D eigenvalue weighted by Crippen LogP contribution is -2.01. The van der Waals surface area contributed by atoms with Crippen LogP contribution >= 0.6 is 15.9 Å². The van der Waals surface area contributed by atoms with E-state index in [9.17, 15) is 0 Å². The number of hydrogen-bond donors (Lipinski definition) is 1. The summed E-state index contributed by atoms with van der Waals surface area (Å²) in [6.07, 6.45) is 3.02. The number of anilines is 1. The van der Waals surface area contributed by atoms with E-state index in [4.69, 9.17) is 19.9 Å². The molecule has 0 spiro atoms. The number of rotatable bonds is 5. The molecule has 28 heavy (non-hydrogen) atoms. The van der Waals surface area contributed by atoms with E-state index in [-0.39, 0.29) is 17.4 Å². The standard InChI is InChI=1S/C20H15BrN4O3/c1-26-14-6-2-3-7-15(14)27-19-17(22)20(25-11-24-19)28-16-9-8-13(21)12-5-4-10-23-18(12)16/h2-11H,22H2,1H3. The number of nitrogens with zero attached hydrogens (tertiary/aromatic N) is 3. The van der Waals surface area contributed by atoms with Crippen LogP contribution in [-0.4, -0.2) is 22.1 Å². The lowest BCUT2D eigenvalue weighted by atomic mass is 10.2. The van der Waals surface area contributed by atoms with Gasteiger partial charge in [0, 0.05) is 16.1 Å². The summed E-state index contributed by atoms with van der Waals surface area (Å²) in [4.78, 5) is 12.6. The maximum absolute atomic E-state index is 6.20. The van der Waals surface area contributed by atoms with Crippen LogP contribution in [0.2, 0.25) is 0 Å². The fraction of sp³-hybridized carbons (Fsp3) is 0.0500. The van der Waals surface area contributed by atoms with Crippen LogP contribution in [0.4, 0.5) is 5.69 Å². The third-order valence-corrected chi connectivity index (χ3v) is 4.66. The topological polar surface area (TPSA) is 92.4 Å². The van der Waals surface area contributed by atoms with Crippen molar-refractivity contribution in [3.05, 3.63) is 65.5 Å². The number of pyridine rings is 1. The number of nitrogens with two attached hydrogens (primary N) is 1. The van der Waals surface area contributed by atoms with Crippen LogP contribution in [0.5, 0.6) is 29.0 Å². The number of nitrogen functional groups attached to an aromatic ring is 1. The summed E-state index contributed by atoms with van der Waals surface area (Å²) >= 11 is 3.52. The molecule has 2 heterocycles. The van der Waals surface area contributed by atoms with Gasteiger partial charge in [0.2, 0.25) is 11.8 Å². The molecule has 8 heteroatoms. The monoisotopic (exact) mass is 438 g/mol. The zero-order valence-electron chi connectivity index (χ0n) is 14.8. The van der Waals surface area contributed by atoms with Crippen molar-refractivity contribution >= 4 is 32.5 Å². The average molecular weight is 439 g/mol. The van der Waals surface area contributed by atoms with Crippen molar-refractivity contribution in [1.82, 2.24) is 15.0 Å². The fourth-order valence-corrected chi connectivity index (χ4v) is 3.08. The number of halogens is 1. The van der Waals surface area contributed by atoms with Crippen LogP contribution in [0, 0.1) is 0 Å². The fourth-order valence-electron chi connectivity index (χ4n) is 2.63. The van der Waals surface area contributed by atoms with E-state index >= 15 is 0 Å². The highest BCUT2D eigenvalue weighted by atomic mass is 79.9. The van der Waals surface area contributed by atoms with Crippen LogP contribution in [0.25, 0.3) is 10.9 Å². The molecule has 0 saturated heterocycles. The third-order valence-electron chi connectivity index (χ3n) is 3.97. The van der Waals surface area contributed by atoms with Crippen molar-refractivity contribution in [2.45, 2.75) is 0 Å². The predicted octanol–water partition coefficient (Wildman–Crippen LogP) is 4.96. The Morgan fingerprint density at radius 1 is 0.821 bits per heavy atom. The number of fused-ring (bicyclic) bond motifs is 1. The number of ether oxygens (including phenoxy) is 3. The van der Waals surface area contributed by atoms with Crippen LogP contribution < -0.4 is 19.9 Å². The molecule has 0 fully saturated rings. The predicted molar refractivity (Wildman–Crippen MR) is 109 cm³/mol. The molecule has 2 aromatic heterocycles. The molecule has 4 rings (SSSR count). The molecule has 7 nitrogen and oxygen atoms in total. The first-order valence-corrected chi connectivity index (χ1v) is 9.09. The second-order valence-electron chi connectivity index (χ2n) is 5.70. The molecule has 0 atom stereocenters. The molecular weight excluding hydrogens is 424 g/mol. The molecule has 0 radical (unpaired) electrons. The summed E-state index contributed by atoms with van der Waals surface area (Å²) in [5.74, 6) is 1.91. The van der Waals surface area contributed by atoms with Crippen molar-refractivity contribution in [1.29, 1.82) is 0 Å². The Hall–Kier alpha value is -3.39. The van der Waals surface area contributed by atoms with Crippen LogP contribution in [-0.2, 0) is 0 Å². The third kappa shape index (κ3) is 3.41. The SMILES string of the molecule is COc1ccccc1Oc1ncnc(Oc2ccc(Br)c3cccnc23)c1N. The Balaban J connectivity index is 1.69. The van der Waals surface area contributed by atoms with Gasteiger partial charge >= 0.3 is 0 Å². The zero-order valence-corrected chi connectivity index (χ0v) is 16.4. The van der Waals surface area contributed by atoms with E-state index in [0.717, 1.165) is 9.86 Å². The van der Waals surface area contributed by atoms with E-state index in [1.807, 2.05) is 30.3 Å². The lowest BCUT2D eigenvalue weighted by molar-refractivity contribution is 0.373. The van der Waals surface area contributed by atoms with Gasteiger partial charge in [-0.05, 0) is 30.3 Å². The highest BCUT2D eigenvalue weighted by Crippen LogP contribution is 2.38. The quantitative estimate of drug-likeness (QED) is 0.470. The minimum absolute atomic E-state index is 0.167. The largest absolute Gasteiger partial charge is 0.493 e. The summed E-state index contributed by atoms with van der Waals surface area (Å²) < 4.78 is 18.0. The van der Waals surface area contributed by atoms with Crippen molar-refractivity contribution in [2.24, 2.45) is 0 Å². The van der Waals surface area contributed by atoms with Gasteiger partial charge in [-0.15, -0.1) is 0 Å². The Morgan fingerprint density at radius 2 is 1.54 bits per heavy atom. The van der Waals surface area contributed by atoms with Crippen molar-refractivity contribution in [2.75, 3.05) is 12.8 Å². The van der Waals surface area contributed by atoms with Gasteiger partial charge in [0.25, 0.3) is 0 Å². The number of aromatic nitrogens is 3. The Morgan fingerprint density at radius 3 is 2.29 bits per heavy atom. The lowest BCUT2D eigenvalue weighted by Gasteiger charge is -2.13. The van der Waals surface area contributed by atoms with E-state index in [1.54, 1.807) is 31.5 Å². The first-order chi connectivity index (χ1) is 13.7. The molecule has 140 valence electrons. The summed E-state index contributed by atoms with van der Waals surface area (Å²) in [5, 5.41) is 0.915. The Kier molecular flexibility index (Phi) is 4.94. The van der Waals surface area contributed by atoms with Crippen molar-refractivity contribution in [3.63, 3.8) is 0 Å². The molecule has 0 aliphatic rings. The van der Waals surface area contributed by atoms with Gasteiger partial charge < -0.3 is 19.9 Å². The summed E-state index contributed by atoms with van der Waals surface area (Å²) in [6, 6.07) is 14.7. The number of hydrogen-bond acceptors (Lipinski definition) is 7. The first-order valence-electron chi connectivity index (χ1n) is 8.30. The minimum Gasteiger partial charge on any atom is -0.493 e. The molecule has 0 unspecified atom stereocenters. The maximum Gasteiger partial charge on any atom is 0.250 e. The molecule has 0 aliphatic heterocycles. The van der Waals surface area contributed by atoms with Gasteiger partial charge in [-0.25, -0.2) is 0 Å². The normalized spacial score (nSPS) is 10.6. The van der Waals surface area contributed by atoms with Crippen LogP contribution in [0.1, 0.15) is 0 Å². The van der Waals surface area contributed by atoms with Gasteiger partial charge in [0.05, 0.1) is 7.11 Å². The molecule has 4 aromatic rings. The highest BCUT2D eigenvalue weighted by Gasteiger charge is 2.16. The summed E-state index contributed by atoms with van der Waals surface area (Å²) in [6.45, 7) is 0. The molecule has 2 N–H and O–H groups in total. The zero-order chi connectivity index (χ0) is 19.5. The maximum atomic E-state index is 6.20. The summed E-state index contributed by atoms with van der Waals surface area (Å²) in [7, 11) is 1.56. The second-order valence-corrected chi connectivity index (χ2v) is 6.55. The van der Waals surface area contributed by atoms with Crippen molar-refractivity contribution < 1.29 is 14.2 Å². The van der Waals surface area contributed by atoms with Gasteiger partial charge in [-0.3, -0.25) is 4.98 Å². The molecule has 0 bridgehead atoms. The van der Waals surface area contributed by atoms with Gasteiger partial charge in [0.15, 0.2) is 22.9 Å². The van der Waals surface area contributed by atoms with Gasteiger partial charge in [0.1, 0.15) is 11.8 Å². The average Bonchev–Trinajstić information content (AvgIpc) is 2.73. The van der Waals surface area contributed by atoms with Crippen LogP contribution in [0.15, 0.2) is 65.5 Å². The van der Waals surface area contributed by atoms with E-state index in [0.29, 0.717) is 22.8 Å². The number of benzene rings is 2. The van der Waals surface area contributed by atoms with Crippen molar-refractivity contribution in [3.8, 4) is 29.0 Å². The molecular formula is C20H15BrN4O3. The van der Waals surface area contributed by atoms with Crippen LogP contribution in [0.3, 0.4) is 0 Å². The van der Waals surface area contributed by atoms with E-state index < -0.39 is 0 Å². The highest BCUT2D eigenvalue weighted by molar-refractivity contribution is 9.10. The summed E-state index contributed by atoms with van der Waals surface area (Å²) in [5.41, 5.74) is 7.05. The Labute approximate surface area is 169 Å². The number of para-hydroxylation sites is 2. The molecule has 0 saturated carbocycles. The van der Waals surface area contributed by atoms with Gasteiger partial charge in [-0.1, -0.05) is 34.1 Å². The molecule has 0 aliphatic carbocycles.